The average Bonchev–Trinajstić information content (AvgIpc) is 3.31. The first-order valence-corrected chi connectivity index (χ1v) is 13.0. The van der Waals surface area contributed by atoms with E-state index in [4.69, 9.17) is 0 Å². The Balaban J connectivity index is 1.28. The van der Waals surface area contributed by atoms with Crippen LogP contribution in [0.2, 0.25) is 0 Å². The van der Waals surface area contributed by atoms with Gasteiger partial charge in [-0.1, -0.05) is 12.1 Å². The molecule has 3 N–H and O–H groups in total. The van der Waals surface area contributed by atoms with Crippen LogP contribution in [0.4, 0.5) is 26.6 Å². The highest BCUT2D eigenvalue weighted by atomic mass is 19.1. The van der Waals surface area contributed by atoms with E-state index in [2.05, 4.69) is 47.9 Å². The Morgan fingerprint density at radius 1 is 1.16 bits per heavy atom. The van der Waals surface area contributed by atoms with Gasteiger partial charge in [0.1, 0.15) is 12.5 Å². The molecule has 38 heavy (non-hydrogen) atoms. The molecule has 2 aromatic heterocycles. The second-order valence-corrected chi connectivity index (χ2v) is 10.3. The van der Waals surface area contributed by atoms with E-state index in [0.29, 0.717) is 35.8 Å². The Labute approximate surface area is 220 Å². The van der Waals surface area contributed by atoms with Crippen molar-refractivity contribution >= 4 is 40.6 Å². The van der Waals surface area contributed by atoms with E-state index >= 15 is 0 Å². The van der Waals surface area contributed by atoms with Crippen molar-refractivity contribution in [3.05, 3.63) is 36.2 Å². The Kier molecular flexibility index (Phi) is 7.41. The number of imidazole rings is 1. The standard InChI is InChI=1S/C26H34FN9O2/c1-28-22-21-23(36(15-29-21)26(38)31-20-12-18(27)13-20)33-25(32-22)30-19-6-4-5-16(11-19)14-35-9-7-17(8-10-35)24(37)34(2)3/h4-6,11,15,17-18,20H,7-10,12-14H2,1-3H3,(H,31,38)(H2,28,30,32,33). The molecule has 1 aliphatic heterocycles. The van der Waals surface area contributed by atoms with Crippen LogP contribution in [0, 0.1) is 5.92 Å². The van der Waals surface area contributed by atoms with Crippen molar-refractivity contribution < 1.29 is 14.0 Å². The number of nitrogens with zero attached hydrogens (tertiary/aromatic N) is 6. The molecule has 1 aromatic carbocycles. The SMILES string of the molecule is CNc1nc(Nc2cccc(CN3CCC(C(=O)N(C)C)CC3)c2)nc2c1ncn2C(=O)NC1CC(F)C1. The summed E-state index contributed by atoms with van der Waals surface area (Å²) in [6, 6.07) is 7.47. The molecule has 0 unspecified atom stereocenters. The van der Waals surface area contributed by atoms with Gasteiger partial charge in [0.15, 0.2) is 17.0 Å². The Morgan fingerprint density at radius 3 is 2.61 bits per heavy atom. The molecule has 2 amide bonds. The number of fused-ring (bicyclic) bond motifs is 1. The highest BCUT2D eigenvalue weighted by Gasteiger charge is 2.31. The number of halogens is 1. The second kappa shape index (κ2) is 10.9. The van der Waals surface area contributed by atoms with E-state index in [1.807, 2.05) is 26.2 Å². The summed E-state index contributed by atoms with van der Waals surface area (Å²) < 4.78 is 14.5. The zero-order valence-corrected chi connectivity index (χ0v) is 21.9. The zero-order valence-electron chi connectivity index (χ0n) is 21.9. The summed E-state index contributed by atoms with van der Waals surface area (Å²) in [4.78, 5) is 42.5. The third kappa shape index (κ3) is 5.54. The molecule has 0 spiro atoms. The van der Waals surface area contributed by atoms with Gasteiger partial charge in [-0.3, -0.25) is 9.69 Å². The van der Waals surface area contributed by atoms with Crippen molar-refractivity contribution in [2.24, 2.45) is 5.92 Å². The number of hydrogen-bond donors (Lipinski definition) is 3. The van der Waals surface area contributed by atoms with Gasteiger partial charge in [-0.05, 0) is 56.5 Å². The number of anilines is 3. The van der Waals surface area contributed by atoms with Gasteiger partial charge in [0.2, 0.25) is 11.9 Å². The first-order valence-electron chi connectivity index (χ1n) is 13.0. The smallest absolute Gasteiger partial charge is 0.328 e. The fourth-order valence-corrected chi connectivity index (χ4v) is 5.03. The minimum atomic E-state index is -0.858. The number of alkyl halides is 1. The maximum Gasteiger partial charge on any atom is 0.328 e. The molecule has 1 saturated heterocycles. The summed E-state index contributed by atoms with van der Waals surface area (Å²) >= 11 is 0. The summed E-state index contributed by atoms with van der Waals surface area (Å²) in [5.41, 5.74) is 2.78. The van der Waals surface area contributed by atoms with Crippen LogP contribution >= 0.6 is 0 Å². The second-order valence-electron chi connectivity index (χ2n) is 10.3. The number of piperidine rings is 1. The molecule has 2 fully saturated rings. The molecule has 0 bridgehead atoms. The number of rotatable bonds is 7. The lowest BCUT2D eigenvalue weighted by Gasteiger charge is -2.32. The van der Waals surface area contributed by atoms with Crippen LogP contribution in [-0.4, -0.2) is 87.7 Å². The van der Waals surface area contributed by atoms with Crippen LogP contribution in [0.3, 0.4) is 0 Å². The van der Waals surface area contributed by atoms with E-state index in [9.17, 15) is 14.0 Å². The molecule has 3 heterocycles. The molecule has 1 aliphatic carbocycles. The molecule has 1 saturated carbocycles. The van der Waals surface area contributed by atoms with Crippen LogP contribution in [-0.2, 0) is 11.3 Å². The number of likely N-dealkylation sites (tertiary alicyclic amines) is 1. The topological polar surface area (TPSA) is 120 Å². The third-order valence-electron chi connectivity index (χ3n) is 7.23. The number of aromatic nitrogens is 4. The third-order valence-corrected chi connectivity index (χ3v) is 7.23. The molecule has 0 atom stereocenters. The van der Waals surface area contributed by atoms with Crippen molar-refractivity contribution in [2.45, 2.75) is 44.4 Å². The minimum absolute atomic E-state index is 0.104. The van der Waals surface area contributed by atoms with E-state index in [1.54, 1.807) is 11.9 Å². The summed E-state index contributed by atoms with van der Waals surface area (Å²) in [7, 11) is 5.36. The first-order chi connectivity index (χ1) is 18.3. The van der Waals surface area contributed by atoms with Gasteiger partial charge in [-0.15, -0.1) is 0 Å². The van der Waals surface area contributed by atoms with Crippen LogP contribution < -0.4 is 16.0 Å². The number of hydrogen-bond acceptors (Lipinski definition) is 8. The number of carbonyl (C=O) groups excluding carboxylic acids is 2. The normalized spacial score (nSPS) is 20.1. The molecule has 11 nitrogen and oxygen atoms in total. The van der Waals surface area contributed by atoms with Crippen molar-refractivity contribution in [1.82, 2.24) is 34.6 Å². The Bertz CT molecular complexity index is 1310. The molecule has 0 radical (unpaired) electrons. The summed E-state index contributed by atoms with van der Waals surface area (Å²) in [5, 5.41) is 9.10. The van der Waals surface area contributed by atoms with Crippen molar-refractivity contribution in [1.29, 1.82) is 0 Å². The Hall–Kier alpha value is -3.80. The predicted octanol–water partition coefficient (Wildman–Crippen LogP) is 2.97. The van der Waals surface area contributed by atoms with Crippen molar-refractivity contribution in [3.63, 3.8) is 0 Å². The summed E-state index contributed by atoms with van der Waals surface area (Å²) in [5.74, 6) is 1.13. The van der Waals surface area contributed by atoms with Gasteiger partial charge in [0, 0.05) is 45.3 Å². The first kappa shape index (κ1) is 25.8. The average molecular weight is 524 g/mol. The maximum atomic E-state index is 13.2. The van der Waals surface area contributed by atoms with Gasteiger partial charge in [0.25, 0.3) is 0 Å². The quantitative estimate of drug-likeness (QED) is 0.432. The monoisotopic (exact) mass is 523 g/mol. The number of benzene rings is 1. The van der Waals surface area contributed by atoms with E-state index in [1.165, 1.54) is 10.9 Å². The fraction of sp³-hybridized carbons (Fsp3) is 0.500. The summed E-state index contributed by atoms with van der Waals surface area (Å²) in [6.07, 6.45) is 2.93. The molecule has 12 heteroatoms. The van der Waals surface area contributed by atoms with E-state index in [-0.39, 0.29) is 17.9 Å². The van der Waals surface area contributed by atoms with E-state index in [0.717, 1.165) is 43.7 Å². The van der Waals surface area contributed by atoms with Gasteiger partial charge < -0.3 is 20.9 Å². The lowest BCUT2D eigenvalue weighted by Crippen LogP contribution is -2.46. The Morgan fingerprint density at radius 2 is 1.92 bits per heavy atom. The van der Waals surface area contributed by atoms with Crippen LogP contribution in [0.25, 0.3) is 11.2 Å². The predicted molar refractivity (Wildman–Crippen MR) is 143 cm³/mol. The molecular weight excluding hydrogens is 489 g/mol. The van der Waals surface area contributed by atoms with Gasteiger partial charge in [-0.2, -0.15) is 9.97 Å². The van der Waals surface area contributed by atoms with Gasteiger partial charge >= 0.3 is 6.03 Å². The molecule has 3 aromatic rings. The minimum Gasteiger partial charge on any atom is -0.371 e. The number of nitrogens with one attached hydrogen (secondary N) is 3. The van der Waals surface area contributed by atoms with Gasteiger partial charge in [-0.25, -0.2) is 18.7 Å². The molecule has 2 aliphatic rings. The molecule has 202 valence electrons. The van der Waals surface area contributed by atoms with Crippen LogP contribution in [0.1, 0.15) is 31.2 Å². The van der Waals surface area contributed by atoms with Crippen LogP contribution in [0.5, 0.6) is 0 Å². The lowest BCUT2D eigenvalue weighted by molar-refractivity contribution is -0.134. The fourth-order valence-electron chi connectivity index (χ4n) is 5.03. The lowest BCUT2D eigenvalue weighted by atomic mass is 9.91. The van der Waals surface area contributed by atoms with Gasteiger partial charge in [0.05, 0.1) is 0 Å². The number of carbonyl (C=O) groups is 2. The largest absolute Gasteiger partial charge is 0.371 e. The van der Waals surface area contributed by atoms with E-state index < -0.39 is 12.2 Å². The maximum absolute atomic E-state index is 13.2. The number of amides is 2. The van der Waals surface area contributed by atoms with Crippen molar-refractivity contribution in [2.75, 3.05) is 44.9 Å². The summed E-state index contributed by atoms with van der Waals surface area (Å²) in [6.45, 7) is 2.55. The highest BCUT2D eigenvalue weighted by Crippen LogP contribution is 2.26. The molecule has 5 rings (SSSR count). The van der Waals surface area contributed by atoms with Crippen LogP contribution in [0.15, 0.2) is 30.6 Å². The van der Waals surface area contributed by atoms with Crippen molar-refractivity contribution in [3.8, 4) is 0 Å². The molecular formula is C26H34FN9O2. The zero-order chi connectivity index (χ0) is 26.8. The highest BCUT2D eigenvalue weighted by molar-refractivity contribution is 5.92.